The first-order valence-corrected chi connectivity index (χ1v) is 11.5. The molecule has 0 bridgehead atoms. The van der Waals surface area contributed by atoms with E-state index in [9.17, 15) is 19.2 Å². The monoisotopic (exact) mass is 439 g/mol. The number of nitrogens with one attached hydrogen (secondary N) is 1. The van der Waals surface area contributed by atoms with Gasteiger partial charge in [-0.05, 0) is 56.2 Å². The Morgan fingerprint density at radius 3 is 2.35 bits per heavy atom. The summed E-state index contributed by atoms with van der Waals surface area (Å²) in [6.07, 6.45) is 6.17. The van der Waals surface area contributed by atoms with Gasteiger partial charge in [0.1, 0.15) is 5.00 Å². The number of unbranched alkanes of at least 4 members (excludes halogenated alkanes) is 2. The maximum absolute atomic E-state index is 12.4. The number of nitrogens with zero attached hydrogens (tertiary/aromatic N) is 1. The predicted octanol–water partition coefficient (Wildman–Crippen LogP) is 3.52. The van der Waals surface area contributed by atoms with E-state index in [1.165, 1.54) is 16.2 Å². The van der Waals surface area contributed by atoms with Gasteiger partial charge in [0.05, 0.1) is 16.7 Å². The van der Waals surface area contributed by atoms with Crippen LogP contribution in [0.15, 0.2) is 24.3 Å². The third-order valence-electron chi connectivity index (χ3n) is 5.83. The molecule has 2 heterocycles. The number of carbonyl (C=O) groups excluding carboxylic acids is 4. The maximum Gasteiger partial charge on any atom is 0.261 e. The van der Waals surface area contributed by atoms with Crippen LogP contribution in [0.4, 0.5) is 5.00 Å². The summed E-state index contributed by atoms with van der Waals surface area (Å²) in [4.78, 5) is 51.5. The van der Waals surface area contributed by atoms with E-state index in [-0.39, 0.29) is 17.7 Å². The van der Waals surface area contributed by atoms with E-state index in [0.29, 0.717) is 53.9 Å². The maximum atomic E-state index is 12.4. The van der Waals surface area contributed by atoms with Crippen molar-refractivity contribution >= 4 is 40.0 Å². The average molecular weight is 440 g/mol. The van der Waals surface area contributed by atoms with Crippen LogP contribution in [0.1, 0.15) is 80.0 Å². The molecule has 1 aliphatic carbocycles. The van der Waals surface area contributed by atoms with E-state index >= 15 is 0 Å². The third-order valence-corrected chi connectivity index (χ3v) is 7.04. The number of nitrogens with two attached hydrogens (primary N) is 1. The smallest absolute Gasteiger partial charge is 0.261 e. The summed E-state index contributed by atoms with van der Waals surface area (Å²) < 4.78 is 0. The quantitative estimate of drug-likeness (QED) is 0.484. The van der Waals surface area contributed by atoms with E-state index in [1.807, 2.05) is 0 Å². The van der Waals surface area contributed by atoms with E-state index in [4.69, 9.17) is 5.73 Å². The Bertz CT molecular complexity index is 1020. The van der Waals surface area contributed by atoms with Gasteiger partial charge in [-0.15, -0.1) is 11.3 Å². The second-order valence-corrected chi connectivity index (χ2v) is 9.05. The lowest BCUT2D eigenvalue weighted by Gasteiger charge is -2.13. The van der Waals surface area contributed by atoms with Gasteiger partial charge in [0, 0.05) is 17.8 Å². The Morgan fingerprint density at radius 2 is 1.68 bits per heavy atom. The second-order valence-electron chi connectivity index (χ2n) is 7.95. The summed E-state index contributed by atoms with van der Waals surface area (Å²) >= 11 is 1.46. The molecular weight excluding hydrogens is 414 g/mol. The highest BCUT2D eigenvalue weighted by molar-refractivity contribution is 7.17. The lowest BCUT2D eigenvalue weighted by atomic mass is 9.95. The number of carbonyl (C=O) groups is 4. The first-order valence-electron chi connectivity index (χ1n) is 10.7. The summed E-state index contributed by atoms with van der Waals surface area (Å²) in [5.74, 6) is -1.14. The molecular formula is C23H25N3O4S. The van der Waals surface area contributed by atoms with Gasteiger partial charge in [-0.2, -0.15) is 0 Å². The molecule has 0 unspecified atom stereocenters. The van der Waals surface area contributed by atoms with E-state index in [1.54, 1.807) is 24.3 Å². The predicted molar refractivity (Wildman–Crippen MR) is 118 cm³/mol. The molecule has 0 atom stereocenters. The first kappa shape index (κ1) is 21.2. The van der Waals surface area contributed by atoms with Crippen molar-refractivity contribution in [3.05, 3.63) is 51.4 Å². The molecule has 7 nitrogen and oxygen atoms in total. The number of amides is 4. The lowest BCUT2D eigenvalue weighted by molar-refractivity contribution is -0.116. The van der Waals surface area contributed by atoms with Crippen molar-refractivity contribution in [3.63, 3.8) is 0 Å². The molecule has 1 aromatic carbocycles. The molecule has 1 aliphatic heterocycles. The van der Waals surface area contributed by atoms with Crippen molar-refractivity contribution in [2.75, 3.05) is 11.9 Å². The van der Waals surface area contributed by atoms with Gasteiger partial charge in [-0.3, -0.25) is 24.1 Å². The summed E-state index contributed by atoms with van der Waals surface area (Å²) in [5.41, 5.74) is 7.95. The second kappa shape index (κ2) is 9.01. The number of fused-ring (bicyclic) bond motifs is 2. The van der Waals surface area contributed by atoms with Crippen LogP contribution in [-0.2, 0) is 17.6 Å². The van der Waals surface area contributed by atoms with Gasteiger partial charge < -0.3 is 11.1 Å². The summed E-state index contributed by atoms with van der Waals surface area (Å²) in [7, 11) is 0. The molecule has 162 valence electrons. The summed E-state index contributed by atoms with van der Waals surface area (Å²) in [6.45, 7) is 0.345. The zero-order valence-corrected chi connectivity index (χ0v) is 18.1. The zero-order valence-electron chi connectivity index (χ0n) is 17.2. The van der Waals surface area contributed by atoms with Crippen LogP contribution in [0.2, 0.25) is 0 Å². The fourth-order valence-electron chi connectivity index (χ4n) is 4.28. The van der Waals surface area contributed by atoms with Crippen LogP contribution in [0.25, 0.3) is 0 Å². The number of aryl methyl sites for hydroxylation is 1. The molecule has 0 radical (unpaired) electrons. The van der Waals surface area contributed by atoms with E-state index in [2.05, 4.69) is 5.32 Å². The molecule has 4 rings (SSSR count). The van der Waals surface area contributed by atoms with Gasteiger partial charge in [-0.1, -0.05) is 18.6 Å². The van der Waals surface area contributed by atoms with Gasteiger partial charge in [0.2, 0.25) is 5.91 Å². The number of rotatable bonds is 8. The molecule has 1 aromatic heterocycles. The minimum atomic E-state index is -0.490. The van der Waals surface area contributed by atoms with Crippen LogP contribution in [0.3, 0.4) is 0 Å². The Morgan fingerprint density at radius 1 is 1.00 bits per heavy atom. The molecule has 3 N–H and O–H groups in total. The van der Waals surface area contributed by atoms with Crippen molar-refractivity contribution in [2.45, 2.75) is 51.4 Å². The number of anilines is 1. The summed E-state index contributed by atoms with van der Waals surface area (Å²) in [6, 6.07) is 6.84. The lowest BCUT2D eigenvalue weighted by Crippen LogP contribution is -2.30. The number of hydrogen-bond acceptors (Lipinski definition) is 5. The Hall–Kier alpha value is -3.00. The molecule has 0 saturated heterocycles. The van der Waals surface area contributed by atoms with Crippen LogP contribution in [0.5, 0.6) is 0 Å². The normalized spacial score (nSPS) is 15.0. The highest BCUT2D eigenvalue weighted by atomic mass is 32.1. The Labute approximate surface area is 184 Å². The number of primary amides is 1. The molecule has 2 aromatic rings. The van der Waals surface area contributed by atoms with Crippen molar-refractivity contribution < 1.29 is 19.2 Å². The highest BCUT2D eigenvalue weighted by Crippen LogP contribution is 2.38. The van der Waals surface area contributed by atoms with Gasteiger partial charge in [0.25, 0.3) is 17.7 Å². The third kappa shape index (κ3) is 4.25. The number of hydrogen-bond donors (Lipinski definition) is 2. The molecule has 8 heteroatoms. The first-order chi connectivity index (χ1) is 15.0. The van der Waals surface area contributed by atoms with Gasteiger partial charge in [0.15, 0.2) is 0 Å². The van der Waals surface area contributed by atoms with Gasteiger partial charge in [-0.25, -0.2) is 0 Å². The minimum Gasteiger partial charge on any atom is -0.365 e. The van der Waals surface area contributed by atoms with Crippen LogP contribution in [0, 0.1) is 0 Å². The molecule has 0 fully saturated rings. The number of benzene rings is 1. The molecule has 0 spiro atoms. The average Bonchev–Trinajstić information content (AvgIpc) is 3.23. The van der Waals surface area contributed by atoms with E-state index in [0.717, 1.165) is 36.1 Å². The van der Waals surface area contributed by atoms with Crippen LogP contribution in [-0.4, -0.2) is 35.1 Å². The molecule has 4 amide bonds. The Kier molecular flexibility index (Phi) is 6.18. The minimum absolute atomic E-state index is 0.151. The molecule has 0 saturated carbocycles. The highest BCUT2D eigenvalue weighted by Gasteiger charge is 2.34. The van der Waals surface area contributed by atoms with Crippen molar-refractivity contribution in [3.8, 4) is 0 Å². The van der Waals surface area contributed by atoms with E-state index < -0.39 is 5.91 Å². The summed E-state index contributed by atoms with van der Waals surface area (Å²) in [5, 5.41) is 3.43. The fourth-order valence-corrected chi connectivity index (χ4v) is 5.59. The largest absolute Gasteiger partial charge is 0.365 e. The Balaban J connectivity index is 1.25. The van der Waals surface area contributed by atoms with Crippen LogP contribution >= 0.6 is 11.3 Å². The van der Waals surface area contributed by atoms with Gasteiger partial charge >= 0.3 is 0 Å². The molecule has 2 aliphatic rings. The topological polar surface area (TPSA) is 110 Å². The fraction of sp³-hybridized carbons (Fsp3) is 0.391. The number of thiophene rings is 1. The standard InChI is InChI=1S/C23H25N3O4S/c24-20(28)19-16-10-5-6-11-17(16)31-21(19)25-18(27)12-2-1-7-13-26-22(29)14-8-3-4-9-15(14)23(26)30/h3-4,8-9H,1-2,5-7,10-13H2,(H2,24,28)(H,25,27). The zero-order chi connectivity index (χ0) is 22.0. The SMILES string of the molecule is NC(=O)c1c(NC(=O)CCCCCN2C(=O)c3ccccc3C2=O)sc2c1CCCC2. The van der Waals surface area contributed by atoms with Crippen molar-refractivity contribution in [1.82, 2.24) is 4.90 Å². The van der Waals surface area contributed by atoms with Crippen molar-refractivity contribution in [1.29, 1.82) is 0 Å². The van der Waals surface area contributed by atoms with Crippen LogP contribution < -0.4 is 11.1 Å². The van der Waals surface area contributed by atoms with Crippen molar-refractivity contribution in [2.24, 2.45) is 5.73 Å². The molecule has 31 heavy (non-hydrogen) atoms. The number of imide groups is 1.